The Morgan fingerprint density at radius 1 is 1.00 bits per heavy atom. The van der Waals surface area contributed by atoms with Gasteiger partial charge in [0.2, 0.25) is 0 Å². The molecule has 0 radical (unpaired) electrons. The Bertz CT molecular complexity index is 583. The number of anilines is 2. The average molecular weight is 268 g/mol. The van der Waals surface area contributed by atoms with Gasteiger partial charge in [0.25, 0.3) is 0 Å². The highest BCUT2D eigenvalue weighted by Gasteiger charge is 2.14. The van der Waals surface area contributed by atoms with E-state index in [4.69, 9.17) is 10.5 Å². The number of methoxy groups -OCH3 is 1. The lowest BCUT2D eigenvalue weighted by molar-refractivity contribution is 0.415. The minimum atomic E-state index is 0.751. The monoisotopic (exact) mass is 268 g/mol. The minimum absolute atomic E-state index is 0.751. The summed E-state index contributed by atoms with van der Waals surface area (Å²) in [5.41, 5.74) is 10.8. The van der Waals surface area contributed by atoms with E-state index in [9.17, 15) is 0 Å². The van der Waals surface area contributed by atoms with Gasteiger partial charge in [-0.3, -0.25) is 0 Å². The fraction of sp³-hybridized carbons (Fsp3) is 0.294. The average Bonchev–Trinajstić information content (AvgIpc) is 2.69. The lowest BCUT2D eigenvalue weighted by Gasteiger charge is -2.23. The van der Waals surface area contributed by atoms with Crippen LogP contribution in [0.25, 0.3) is 0 Å². The molecule has 0 atom stereocenters. The van der Waals surface area contributed by atoms with Crippen LogP contribution < -0.4 is 15.4 Å². The fourth-order valence-corrected chi connectivity index (χ4v) is 2.83. The van der Waals surface area contributed by atoms with Crippen molar-refractivity contribution in [1.82, 2.24) is 0 Å². The predicted octanol–water partition coefficient (Wildman–Crippen LogP) is 2.88. The first-order chi connectivity index (χ1) is 9.76. The SMILES string of the molecule is COc1cc(N)cc(N2CCc3ccccc3CC2)c1. The molecule has 3 rings (SSSR count). The molecule has 0 saturated carbocycles. The molecule has 2 aromatic rings. The second-order valence-electron chi connectivity index (χ2n) is 5.22. The Morgan fingerprint density at radius 3 is 2.25 bits per heavy atom. The number of benzene rings is 2. The second-order valence-corrected chi connectivity index (χ2v) is 5.22. The number of hydrogen-bond acceptors (Lipinski definition) is 3. The van der Waals surface area contributed by atoms with Crippen LogP contribution in [0.5, 0.6) is 5.75 Å². The topological polar surface area (TPSA) is 38.5 Å². The largest absolute Gasteiger partial charge is 0.497 e. The van der Waals surface area contributed by atoms with Gasteiger partial charge in [0, 0.05) is 36.6 Å². The maximum Gasteiger partial charge on any atom is 0.122 e. The number of fused-ring (bicyclic) bond motifs is 1. The summed E-state index contributed by atoms with van der Waals surface area (Å²) in [6, 6.07) is 14.7. The second kappa shape index (κ2) is 5.45. The molecule has 104 valence electrons. The minimum Gasteiger partial charge on any atom is -0.497 e. The van der Waals surface area contributed by atoms with Crippen LogP contribution in [0.15, 0.2) is 42.5 Å². The first kappa shape index (κ1) is 12.9. The molecule has 0 spiro atoms. The van der Waals surface area contributed by atoms with Crippen LogP contribution in [-0.2, 0) is 12.8 Å². The Morgan fingerprint density at radius 2 is 1.65 bits per heavy atom. The van der Waals surface area contributed by atoms with Gasteiger partial charge in [0.05, 0.1) is 7.11 Å². The molecule has 0 unspecified atom stereocenters. The number of hydrogen-bond donors (Lipinski definition) is 1. The highest BCUT2D eigenvalue weighted by atomic mass is 16.5. The highest BCUT2D eigenvalue weighted by Crippen LogP contribution is 2.27. The van der Waals surface area contributed by atoms with Gasteiger partial charge in [-0.2, -0.15) is 0 Å². The molecule has 2 N–H and O–H groups in total. The van der Waals surface area contributed by atoms with E-state index >= 15 is 0 Å². The molecular formula is C17H20N2O. The summed E-state index contributed by atoms with van der Waals surface area (Å²) in [4.78, 5) is 2.39. The molecule has 0 aliphatic carbocycles. The molecule has 1 aliphatic rings. The van der Waals surface area contributed by atoms with Gasteiger partial charge in [-0.05, 0) is 30.0 Å². The summed E-state index contributed by atoms with van der Waals surface area (Å²) >= 11 is 0. The van der Waals surface area contributed by atoms with E-state index in [-0.39, 0.29) is 0 Å². The smallest absolute Gasteiger partial charge is 0.122 e. The quantitative estimate of drug-likeness (QED) is 0.851. The van der Waals surface area contributed by atoms with E-state index in [0.717, 1.165) is 43.1 Å². The van der Waals surface area contributed by atoms with E-state index in [1.807, 2.05) is 12.1 Å². The van der Waals surface area contributed by atoms with E-state index < -0.39 is 0 Å². The lowest BCUT2D eigenvalue weighted by Crippen LogP contribution is -2.26. The zero-order chi connectivity index (χ0) is 13.9. The van der Waals surface area contributed by atoms with Crippen LogP contribution in [-0.4, -0.2) is 20.2 Å². The van der Waals surface area contributed by atoms with E-state index in [1.54, 1.807) is 7.11 Å². The van der Waals surface area contributed by atoms with E-state index in [1.165, 1.54) is 11.1 Å². The molecule has 1 aliphatic heterocycles. The summed E-state index contributed by atoms with van der Waals surface area (Å²) in [6.07, 6.45) is 2.15. The maximum atomic E-state index is 5.96. The van der Waals surface area contributed by atoms with Gasteiger partial charge in [0.15, 0.2) is 0 Å². The summed E-state index contributed by atoms with van der Waals surface area (Å²) in [7, 11) is 1.68. The third-order valence-electron chi connectivity index (χ3n) is 3.93. The fourth-order valence-electron chi connectivity index (χ4n) is 2.83. The van der Waals surface area contributed by atoms with Crippen LogP contribution in [0.4, 0.5) is 11.4 Å². The van der Waals surface area contributed by atoms with Gasteiger partial charge in [-0.15, -0.1) is 0 Å². The van der Waals surface area contributed by atoms with Gasteiger partial charge in [-0.1, -0.05) is 24.3 Å². The lowest BCUT2D eigenvalue weighted by atomic mass is 10.0. The van der Waals surface area contributed by atoms with Gasteiger partial charge in [-0.25, -0.2) is 0 Å². The van der Waals surface area contributed by atoms with Crippen molar-refractivity contribution in [2.45, 2.75) is 12.8 Å². The van der Waals surface area contributed by atoms with Gasteiger partial charge in [0.1, 0.15) is 5.75 Å². The van der Waals surface area contributed by atoms with Crippen molar-refractivity contribution in [3.05, 3.63) is 53.6 Å². The Kier molecular flexibility index (Phi) is 3.50. The normalized spacial score (nSPS) is 14.6. The molecular weight excluding hydrogens is 248 g/mol. The number of rotatable bonds is 2. The Balaban J connectivity index is 1.85. The van der Waals surface area contributed by atoms with Crippen molar-refractivity contribution in [3.63, 3.8) is 0 Å². The molecule has 20 heavy (non-hydrogen) atoms. The molecule has 0 saturated heterocycles. The molecule has 0 bridgehead atoms. The third-order valence-corrected chi connectivity index (χ3v) is 3.93. The van der Waals surface area contributed by atoms with Crippen LogP contribution in [0.1, 0.15) is 11.1 Å². The van der Waals surface area contributed by atoms with Gasteiger partial charge >= 0.3 is 0 Å². The first-order valence-corrected chi connectivity index (χ1v) is 7.02. The first-order valence-electron chi connectivity index (χ1n) is 7.02. The Hall–Kier alpha value is -2.16. The Labute approximate surface area is 120 Å². The van der Waals surface area contributed by atoms with Crippen molar-refractivity contribution in [3.8, 4) is 5.75 Å². The number of nitrogen functional groups attached to an aromatic ring is 1. The standard InChI is InChI=1S/C17H20N2O/c1-20-17-11-15(18)10-16(12-17)19-8-6-13-4-2-3-5-14(13)7-9-19/h2-5,10-12H,6-9,18H2,1H3. The van der Waals surface area contributed by atoms with E-state index in [0.29, 0.717) is 0 Å². The zero-order valence-corrected chi connectivity index (χ0v) is 11.8. The van der Waals surface area contributed by atoms with Crippen LogP contribution >= 0.6 is 0 Å². The molecule has 2 aromatic carbocycles. The van der Waals surface area contributed by atoms with Crippen molar-refractivity contribution >= 4 is 11.4 Å². The van der Waals surface area contributed by atoms with Crippen molar-refractivity contribution in [2.24, 2.45) is 0 Å². The molecule has 3 nitrogen and oxygen atoms in total. The van der Waals surface area contributed by atoms with Crippen molar-refractivity contribution < 1.29 is 4.74 Å². The number of nitrogens with zero attached hydrogens (tertiary/aromatic N) is 1. The number of ether oxygens (including phenoxy) is 1. The summed E-state index contributed by atoms with van der Waals surface area (Å²) in [5, 5.41) is 0. The van der Waals surface area contributed by atoms with Crippen LogP contribution in [0.3, 0.4) is 0 Å². The summed E-state index contributed by atoms with van der Waals surface area (Å²) < 4.78 is 5.31. The highest BCUT2D eigenvalue weighted by molar-refractivity contribution is 5.61. The molecule has 3 heteroatoms. The van der Waals surface area contributed by atoms with Gasteiger partial charge < -0.3 is 15.4 Å². The van der Waals surface area contributed by atoms with Crippen LogP contribution in [0, 0.1) is 0 Å². The predicted molar refractivity (Wildman–Crippen MR) is 83.5 cm³/mol. The maximum absolute atomic E-state index is 5.96. The molecule has 0 fully saturated rings. The van der Waals surface area contributed by atoms with Crippen LogP contribution in [0.2, 0.25) is 0 Å². The molecule has 1 heterocycles. The van der Waals surface area contributed by atoms with Crippen molar-refractivity contribution in [2.75, 3.05) is 30.8 Å². The summed E-state index contributed by atoms with van der Waals surface area (Å²) in [6.45, 7) is 2.03. The zero-order valence-electron chi connectivity index (χ0n) is 11.8. The molecule has 0 aromatic heterocycles. The van der Waals surface area contributed by atoms with Crippen molar-refractivity contribution in [1.29, 1.82) is 0 Å². The number of nitrogens with two attached hydrogens (primary N) is 1. The summed E-state index contributed by atoms with van der Waals surface area (Å²) in [5.74, 6) is 0.821. The van der Waals surface area contributed by atoms with E-state index in [2.05, 4.69) is 35.2 Å². The third kappa shape index (κ3) is 2.57. The molecule has 0 amide bonds.